The number of rotatable bonds is 6. The lowest BCUT2D eigenvalue weighted by Crippen LogP contribution is -2.33. The zero-order chi connectivity index (χ0) is 16.1. The molecule has 1 aliphatic rings. The summed E-state index contributed by atoms with van der Waals surface area (Å²) >= 11 is 0. The maximum atomic E-state index is 12.4. The second-order valence-electron chi connectivity index (χ2n) is 6.46. The predicted octanol–water partition coefficient (Wildman–Crippen LogP) is 2.83. The van der Waals surface area contributed by atoms with Crippen LogP contribution in [0.4, 0.5) is 0 Å². The molecule has 2 rings (SSSR count). The Kier molecular flexibility index (Phi) is 6.00. The van der Waals surface area contributed by atoms with Crippen molar-refractivity contribution in [2.75, 3.05) is 6.54 Å². The lowest BCUT2D eigenvalue weighted by molar-refractivity contribution is 0.0873. The standard InChI is InChI=1S/C17H29N3O2/c1-4-14(5-2)20-12(3)16(11-19-20)17(22)18-10-13-7-6-8-15(21)9-13/h11,13-15,21H,4-10H2,1-3H3,(H,18,22). The van der Waals surface area contributed by atoms with E-state index < -0.39 is 0 Å². The average molecular weight is 307 g/mol. The van der Waals surface area contributed by atoms with Crippen molar-refractivity contribution in [1.29, 1.82) is 0 Å². The first-order valence-electron chi connectivity index (χ1n) is 8.57. The zero-order valence-corrected chi connectivity index (χ0v) is 14.0. The number of aromatic nitrogens is 2. The van der Waals surface area contributed by atoms with Crippen LogP contribution in [-0.2, 0) is 0 Å². The van der Waals surface area contributed by atoms with Gasteiger partial charge in [0, 0.05) is 12.2 Å². The van der Waals surface area contributed by atoms with E-state index >= 15 is 0 Å². The summed E-state index contributed by atoms with van der Waals surface area (Å²) in [6.45, 7) is 6.89. The highest BCUT2D eigenvalue weighted by atomic mass is 16.3. The SMILES string of the molecule is CCC(CC)n1ncc(C(=O)NCC2CCCC(O)C2)c1C. The fourth-order valence-corrected chi connectivity index (χ4v) is 3.43. The molecule has 2 atom stereocenters. The van der Waals surface area contributed by atoms with Crippen molar-refractivity contribution in [3.63, 3.8) is 0 Å². The fraction of sp³-hybridized carbons (Fsp3) is 0.765. The van der Waals surface area contributed by atoms with E-state index in [0.29, 0.717) is 24.1 Å². The molecule has 0 aliphatic heterocycles. The van der Waals surface area contributed by atoms with Gasteiger partial charge in [-0.15, -0.1) is 0 Å². The lowest BCUT2D eigenvalue weighted by Gasteiger charge is -2.25. The molecule has 0 bridgehead atoms. The predicted molar refractivity (Wildman–Crippen MR) is 86.9 cm³/mol. The van der Waals surface area contributed by atoms with Crippen LogP contribution in [0.25, 0.3) is 0 Å². The third kappa shape index (κ3) is 3.88. The molecule has 2 N–H and O–H groups in total. The monoisotopic (exact) mass is 307 g/mol. The number of carbonyl (C=O) groups excluding carboxylic acids is 1. The van der Waals surface area contributed by atoms with Crippen LogP contribution in [0, 0.1) is 12.8 Å². The summed E-state index contributed by atoms with van der Waals surface area (Å²) in [4.78, 5) is 12.4. The van der Waals surface area contributed by atoms with Crippen LogP contribution in [0.1, 0.15) is 74.5 Å². The van der Waals surface area contributed by atoms with Crippen molar-refractivity contribution in [2.24, 2.45) is 5.92 Å². The topological polar surface area (TPSA) is 67.2 Å². The quantitative estimate of drug-likeness (QED) is 0.849. The summed E-state index contributed by atoms with van der Waals surface area (Å²) in [6.07, 6.45) is 7.34. The number of aliphatic hydroxyl groups is 1. The molecule has 1 heterocycles. The summed E-state index contributed by atoms with van der Waals surface area (Å²) in [5, 5.41) is 17.1. The Morgan fingerprint density at radius 1 is 1.45 bits per heavy atom. The molecule has 0 radical (unpaired) electrons. The van der Waals surface area contributed by atoms with Gasteiger partial charge in [-0.2, -0.15) is 5.10 Å². The molecule has 2 unspecified atom stereocenters. The minimum atomic E-state index is -0.199. The number of carbonyl (C=O) groups is 1. The summed E-state index contributed by atoms with van der Waals surface area (Å²) < 4.78 is 1.97. The third-order valence-corrected chi connectivity index (χ3v) is 4.88. The van der Waals surface area contributed by atoms with Crippen molar-refractivity contribution >= 4 is 5.91 Å². The van der Waals surface area contributed by atoms with E-state index in [0.717, 1.165) is 44.2 Å². The minimum absolute atomic E-state index is 0.0465. The highest BCUT2D eigenvalue weighted by molar-refractivity contribution is 5.95. The first kappa shape index (κ1) is 17.0. The second kappa shape index (κ2) is 7.77. The van der Waals surface area contributed by atoms with Crippen LogP contribution in [0.5, 0.6) is 0 Å². The van der Waals surface area contributed by atoms with Gasteiger partial charge in [0.05, 0.1) is 23.9 Å². The second-order valence-corrected chi connectivity index (χ2v) is 6.46. The Hall–Kier alpha value is -1.36. The van der Waals surface area contributed by atoms with Gasteiger partial charge < -0.3 is 10.4 Å². The summed E-state index contributed by atoms with van der Waals surface area (Å²) in [7, 11) is 0. The highest BCUT2D eigenvalue weighted by Crippen LogP contribution is 2.24. The van der Waals surface area contributed by atoms with E-state index in [1.54, 1.807) is 6.20 Å². The van der Waals surface area contributed by atoms with Crippen LogP contribution >= 0.6 is 0 Å². The molecule has 0 spiro atoms. The van der Waals surface area contributed by atoms with Crippen LogP contribution in [0.2, 0.25) is 0 Å². The van der Waals surface area contributed by atoms with Gasteiger partial charge in [-0.05, 0) is 44.9 Å². The molecule has 1 aromatic rings. The Bertz CT molecular complexity index is 494. The molecule has 0 saturated heterocycles. The number of hydrogen-bond donors (Lipinski definition) is 2. The van der Waals surface area contributed by atoms with Crippen molar-refractivity contribution in [2.45, 2.75) is 71.4 Å². The average Bonchev–Trinajstić information content (AvgIpc) is 2.88. The minimum Gasteiger partial charge on any atom is -0.393 e. The molecule has 1 aliphatic carbocycles. The van der Waals surface area contributed by atoms with Gasteiger partial charge in [0.1, 0.15) is 0 Å². The zero-order valence-electron chi connectivity index (χ0n) is 14.0. The Morgan fingerprint density at radius 3 is 2.82 bits per heavy atom. The summed E-state index contributed by atoms with van der Waals surface area (Å²) in [5.74, 6) is 0.344. The molecule has 5 nitrogen and oxygen atoms in total. The molecule has 22 heavy (non-hydrogen) atoms. The van der Waals surface area contributed by atoms with Crippen molar-refractivity contribution in [1.82, 2.24) is 15.1 Å². The number of amides is 1. The smallest absolute Gasteiger partial charge is 0.254 e. The molecule has 1 saturated carbocycles. The maximum Gasteiger partial charge on any atom is 0.254 e. The van der Waals surface area contributed by atoms with E-state index in [4.69, 9.17) is 0 Å². The van der Waals surface area contributed by atoms with E-state index in [1.807, 2.05) is 11.6 Å². The maximum absolute atomic E-state index is 12.4. The van der Waals surface area contributed by atoms with Crippen LogP contribution in [-0.4, -0.2) is 33.4 Å². The molecule has 5 heteroatoms. The number of nitrogens with one attached hydrogen (secondary N) is 1. The first-order chi connectivity index (χ1) is 10.6. The Balaban J connectivity index is 1.95. The van der Waals surface area contributed by atoms with Gasteiger partial charge in [-0.1, -0.05) is 20.3 Å². The van der Waals surface area contributed by atoms with Crippen LogP contribution in [0.15, 0.2) is 6.20 Å². The third-order valence-electron chi connectivity index (χ3n) is 4.88. The Labute approximate surface area is 133 Å². The molecule has 124 valence electrons. The normalized spacial score (nSPS) is 22.0. The van der Waals surface area contributed by atoms with E-state index in [9.17, 15) is 9.90 Å². The van der Waals surface area contributed by atoms with Gasteiger partial charge in [-0.3, -0.25) is 9.48 Å². The van der Waals surface area contributed by atoms with Crippen LogP contribution in [0.3, 0.4) is 0 Å². The highest BCUT2D eigenvalue weighted by Gasteiger charge is 2.22. The lowest BCUT2D eigenvalue weighted by atomic mass is 9.87. The molecular formula is C17H29N3O2. The van der Waals surface area contributed by atoms with Gasteiger partial charge >= 0.3 is 0 Å². The summed E-state index contributed by atoms with van der Waals surface area (Å²) in [5.41, 5.74) is 1.61. The molecule has 1 fully saturated rings. The van der Waals surface area contributed by atoms with E-state index in [-0.39, 0.29) is 12.0 Å². The summed E-state index contributed by atoms with van der Waals surface area (Å²) in [6, 6.07) is 0.357. The van der Waals surface area contributed by atoms with Gasteiger partial charge in [-0.25, -0.2) is 0 Å². The largest absolute Gasteiger partial charge is 0.393 e. The molecular weight excluding hydrogens is 278 g/mol. The molecule has 1 aromatic heterocycles. The van der Waals surface area contributed by atoms with Crippen molar-refractivity contribution in [3.05, 3.63) is 17.5 Å². The Morgan fingerprint density at radius 2 is 2.18 bits per heavy atom. The molecule has 0 aromatic carbocycles. The van der Waals surface area contributed by atoms with Gasteiger partial charge in [0.25, 0.3) is 5.91 Å². The van der Waals surface area contributed by atoms with E-state index in [1.165, 1.54) is 0 Å². The number of hydrogen-bond acceptors (Lipinski definition) is 3. The van der Waals surface area contributed by atoms with Gasteiger partial charge in [0.2, 0.25) is 0 Å². The van der Waals surface area contributed by atoms with Gasteiger partial charge in [0.15, 0.2) is 0 Å². The van der Waals surface area contributed by atoms with Crippen molar-refractivity contribution in [3.8, 4) is 0 Å². The first-order valence-corrected chi connectivity index (χ1v) is 8.57. The number of nitrogens with zero attached hydrogens (tertiary/aromatic N) is 2. The van der Waals surface area contributed by atoms with Crippen molar-refractivity contribution < 1.29 is 9.90 Å². The number of aliphatic hydroxyl groups excluding tert-OH is 1. The molecule has 1 amide bonds. The fourth-order valence-electron chi connectivity index (χ4n) is 3.43. The van der Waals surface area contributed by atoms with Crippen LogP contribution < -0.4 is 5.32 Å². The van der Waals surface area contributed by atoms with E-state index in [2.05, 4.69) is 24.3 Å².